The van der Waals surface area contributed by atoms with Crippen molar-refractivity contribution in [3.63, 3.8) is 0 Å². The van der Waals surface area contributed by atoms with Crippen molar-refractivity contribution in [2.45, 2.75) is 205 Å². The van der Waals surface area contributed by atoms with Crippen molar-refractivity contribution in [3.8, 4) is 0 Å². The summed E-state index contributed by atoms with van der Waals surface area (Å²) in [6, 6.07) is 0. The molecule has 0 radical (unpaired) electrons. The molecule has 0 bridgehead atoms. The molecule has 59 heavy (non-hydrogen) atoms. The van der Waals surface area contributed by atoms with E-state index >= 15 is 0 Å². The average molecular weight is 831 g/mol. The Morgan fingerprint density at radius 1 is 0.525 bits per heavy atom. The molecule has 0 saturated carbocycles. The van der Waals surface area contributed by atoms with E-state index in [0.29, 0.717) is 12.8 Å². The highest BCUT2D eigenvalue weighted by Gasteiger charge is 2.44. The highest BCUT2D eigenvalue weighted by Crippen LogP contribution is 2.22. The molecule has 0 aliphatic carbocycles. The first-order valence-corrected chi connectivity index (χ1v) is 23.0. The lowest BCUT2D eigenvalue weighted by Gasteiger charge is -2.39. The monoisotopic (exact) mass is 831 g/mol. The molecule has 1 saturated heterocycles. The standard InChI is InChI=1S/C49H82O10/c1-3-5-7-9-11-13-15-17-19-20-21-22-24-26-28-30-32-34-36-38-45(52)58-42(41-57-49-48(55)47(54)46(53)43(39-50)59-49)40-56-44(51)37-35-33-31-29-27-25-23-18-16-14-12-10-8-6-4-2/h11,13,17,19,21-22,26-29,32,34,42-43,46-50,53-55H,3-10,12,14-16,18,20,23-25,30-31,33,35-41H2,1-2H3/b13-11+,19-17+,22-21+,28-26+,29-27+,34-32+/t42-,43-,46+,47?,48?,49-/m1/s1. The van der Waals surface area contributed by atoms with Gasteiger partial charge in [-0.3, -0.25) is 9.59 Å². The third-order valence-corrected chi connectivity index (χ3v) is 10.1. The number of hydrogen-bond acceptors (Lipinski definition) is 10. The van der Waals surface area contributed by atoms with Crippen LogP contribution >= 0.6 is 0 Å². The minimum atomic E-state index is -1.61. The van der Waals surface area contributed by atoms with Crippen LogP contribution in [-0.2, 0) is 28.5 Å². The molecule has 1 aliphatic heterocycles. The molecule has 6 atom stereocenters. The van der Waals surface area contributed by atoms with E-state index in [-0.39, 0.29) is 26.1 Å². The van der Waals surface area contributed by atoms with Crippen molar-refractivity contribution in [1.82, 2.24) is 0 Å². The van der Waals surface area contributed by atoms with Crippen molar-refractivity contribution >= 4 is 11.9 Å². The van der Waals surface area contributed by atoms with E-state index in [9.17, 15) is 30.0 Å². The minimum Gasteiger partial charge on any atom is -0.462 e. The lowest BCUT2D eigenvalue weighted by molar-refractivity contribution is -0.305. The lowest BCUT2D eigenvalue weighted by atomic mass is 9.99. The van der Waals surface area contributed by atoms with Gasteiger partial charge in [0.15, 0.2) is 12.4 Å². The van der Waals surface area contributed by atoms with Crippen LogP contribution in [-0.4, -0.2) is 89.0 Å². The molecule has 10 nitrogen and oxygen atoms in total. The Labute approximate surface area is 357 Å². The molecule has 10 heteroatoms. The molecule has 0 aromatic heterocycles. The van der Waals surface area contributed by atoms with Gasteiger partial charge in [0.2, 0.25) is 0 Å². The third-order valence-electron chi connectivity index (χ3n) is 10.1. The summed E-state index contributed by atoms with van der Waals surface area (Å²) >= 11 is 0. The second kappa shape index (κ2) is 39.3. The van der Waals surface area contributed by atoms with Gasteiger partial charge in [-0.05, 0) is 77.0 Å². The summed E-state index contributed by atoms with van der Waals surface area (Å²) in [6.45, 7) is 3.29. The molecule has 1 fully saturated rings. The maximum Gasteiger partial charge on any atom is 0.306 e. The number of rotatable bonds is 37. The summed E-state index contributed by atoms with van der Waals surface area (Å²) in [7, 11) is 0. The Morgan fingerprint density at radius 3 is 1.54 bits per heavy atom. The molecular weight excluding hydrogens is 749 g/mol. The SMILES string of the molecule is CCCCC/C=C/C/C=C/C/C=C/C/C=C/C/C=C/CCC(=O)O[C@H](COC(=O)CCCC/C=C/CCCCCCCCCCC)CO[C@@H]1O[C@H](CO)[C@H](O)C(O)C1O. The summed E-state index contributed by atoms with van der Waals surface area (Å²) in [5.41, 5.74) is 0. The normalized spacial score (nSPS) is 20.7. The topological polar surface area (TPSA) is 152 Å². The van der Waals surface area contributed by atoms with Crippen LogP contribution in [0.2, 0.25) is 0 Å². The number of unbranched alkanes of at least 4 members (excludes halogenated alkanes) is 14. The number of ether oxygens (including phenoxy) is 4. The molecule has 4 N–H and O–H groups in total. The van der Waals surface area contributed by atoms with Crippen LogP contribution in [0, 0.1) is 0 Å². The highest BCUT2D eigenvalue weighted by atomic mass is 16.7. The van der Waals surface area contributed by atoms with Crippen LogP contribution in [0.5, 0.6) is 0 Å². The highest BCUT2D eigenvalue weighted by molar-refractivity contribution is 5.70. The van der Waals surface area contributed by atoms with Gasteiger partial charge in [0, 0.05) is 12.8 Å². The van der Waals surface area contributed by atoms with E-state index in [0.717, 1.165) is 44.9 Å². The predicted molar refractivity (Wildman–Crippen MR) is 238 cm³/mol. The fourth-order valence-corrected chi connectivity index (χ4v) is 6.40. The Kier molecular flexibility index (Phi) is 36.1. The van der Waals surface area contributed by atoms with E-state index in [1.807, 2.05) is 12.2 Å². The van der Waals surface area contributed by atoms with Crippen LogP contribution in [0.1, 0.15) is 168 Å². The van der Waals surface area contributed by atoms with Gasteiger partial charge < -0.3 is 39.4 Å². The maximum atomic E-state index is 12.7. The number of carbonyl (C=O) groups is 2. The number of esters is 2. The Morgan fingerprint density at radius 2 is 0.983 bits per heavy atom. The summed E-state index contributed by atoms with van der Waals surface area (Å²) in [4.78, 5) is 25.3. The first-order chi connectivity index (χ1) is 28.8. The zero-order valence-electron chi connectivity index (χ0n) is 36.7. The summed E-state index contributed by atoms with van der Waals surface area (Å²) in [5.74, 6) is -0.933. The van der Waals surface area contributed by atoms with Gasteiger partial charge >= 0.3 is 11.9 Å². The van der Waals surface area contributed by atoms with Crippen molar-refractivity contribution in [1.29, 1.82) is 0 Å². The molecule has 2 unspecified atom stereocenters. The van der Waals surface area contributed by atoms with Crippen LogP contribution in [0.25, 0.3) is 0 Å². The molecule has 1 aliphatic rings. The van der Waals surface area contributed by atoms with Crippen molar-refractivity contribution in [2.75, 3.05) is 19.8 Å². The fourth-order valence-electron chi connectivity index (χ4n) is 6.40. The van der Waals surface area contributed by atoms with Gasteiger partial charge in [-0.15, -0.1) is 0 Å². The number of hydrogen-bond donors (Lipinski definition) is 4. The molecule has 0 spiro atoms. The predicted octanol–water partition coefficient (Wildman–Crippen LogP) is 10.00. The zero-order chi connectivity index (χ0) is 43.0. The second-order valence-electron chi connectivity index (χ2n) is 15.5. The molecule has 1 rings (SSSR count). The van der Waals surface area contributed by atoms with E-state index < -0.39 is 55.4 Å². The van der Waals surface area contributed by atoms with E-state index in [4.69, 9.17) is 18.9 Å². The van der Waals surface area contributed by atoms with Gasteiger partial charge in [0.1, 0.15) is 31.0 Å². The second-order valence-corrected chi connectivity index (χ2v) is 15.5. The molecule has 1 heterocycles. The van der Waals surface area contributed by atoms with E-state index in [2.05, 4.69) is 74.6 Å². The summed E-state index contributed by atoms with van der Waals surface area (Å²) in [6.07, 6.45) is 42.1. The van der Waals surface area contributed by atoms with Crippen LogP contribution < -0.4 is 0 Å². The van der Waals surface area contributed by atoms with Gasteiger partial charge in [-0.1, -0.05) is 151 Å². The lowest BCUT2D eigenvalue weighted by Crippen LogP contribution is -2.59. The van der Waals surface area contributed by atoms with Crippen LogP contribution in [0.4, 0.5) is 0 Å². The molecule has 0 aromatic carbocycles. The Balaban J connectivity index is 2.41. The Bertz CT molecular complexity index is 1190. The summed E-state index contributed by atoms with van der Waals surface area (Å²) < 4.78 is 22.0. The van der Waals surface area contributed by atoms with Crippen LogP contribution in [0.15, 0.2) is 72.9 Å². The van der Waals surface area contributed by atoms with Crippen molar-refractivity contribution < 1.29 is 49.0 Å². The largest absolute Gasteiger partial charge is 0.462 e. The van der Waals surface area contributed by atoms with Gasteiger partial charge in [0.05, 0.1) is 13.2 Å². The van der Waals surface area contributed by atoms with Crippen LogP contribution in [0.3, 0.4) is 0 Å². The fraction of sp³-hybridized carbons (Fsp3) is 0.714. The van der Waals surface area contributed by atoms with Gasteiger partial charge in [-0.25, -0.2) is 0 Å². The molecule has 0 amide bonds. The third kappa shape index (κ3) is 30.8. The minimum absolute atomic E-state index is 0.0995. The molecule has 338 valence electrons. The number of aliphatic hydroxyl groups is 4. The quantitative estimate of drug-likeness (QED) is 0.0271. The van der Waals surface area contributed by atoms with E-state index in [1.165, 1.54) is 83.5 Å². The molecule has 0 aromatic rings. The number of aliphatic hydroxyl groups excluding tert-OH is 4. The summed E-state index contributed by atoms with van der Waals surface area (Å²) in [5, 5.41) is 40.1. The number of carbonyl (C=O) groups excluding carboxylic acids is 2. The van der Waals surface area contributed by atoms with Gasteiger partial charge in [-0.2, -0.15) is 0 Å². The first kappa shape index (κ1) is 54.2. The zero-order valence-corrected chi connectivity index (χ0v) is 36.7. The van der Waals surface area contributed by atoms with Gasteiger partial charge in [0.25, 0.3) is 0 Å². The average Bonchev–Trinajstić information content (AvgIpc) is 3.23. The molecular formula is C49H82O10. The maximum absolute atomic E-state index is 12.7. The smallest absolute Gasteiger partial charge is 0.306 e. The first-order valence-electron chi connectivity index (χ1n) is 23.0. The van der Waals surface area contributed by atoms with E-state index in [1.54, 1.807) is 0 Å². The van der Waals surface area contributed by atoms with Crippen molar-refractivity contribution in [2.24, 2.45) is 0 Å². The Hall–Kier alpha value is -2.86. The van der Waals surface area contributed by atoms with Crippen molar-refractivity contribution in [3.05, 3.63) is 72.9 Å². The number of allylic oxidation sites excluding steroid dienone is 12.